The van der Waals surface area contributed by atoms with Crippen LogP contribution in [0.3, 0.4) is 0 Å². The molecule has 80 valence electrons. The van der Waals surface area contributed by atoms with Crippen LogP contribution in [0.2, 0.25) is 5.15 Å². The molecule has 1 aromatic heterocycles. The summed E-state index contributed by atoms with van der Waals surface area (Å²) in [6, 6.07) is 1.75. The van der Waals surface area contributed by atoms with Crippen molar-refractivity contribution >= 4 is 39.1 Å². The summed E-state index contributed by atoms with van der Waals surface area (Å²) in [7, 11) is 0. The highest BCUT2D eigenvalue weighted by atomic mass is 79.9. The molecule has 1 amide bonds. The van der Waals surface area contributed by atoms with Crippen molar-refractivity contribution in [1.82, 2.24) is 4.98 Å². The summed E-state index contributed by atoms with van der Waals surface area (Å²) in [5.74, 6) is 0.641. The van der Waals surface area contributed by atoms with Gasteiger partial charge in [-0.25, -0.2) is 4.98 Å². The molecule has 1 fully saturated rings. The van der Waals surface area contributed by atoms with Crippen molar-refractivity contribution in [3.05, 3.63) is 21.9 Å². The van der Waals surface area contributed by atoms with Crippen LogP contribution in [0.15, 0.2) is 16.7 Å². The number of carbonyl (C=O) groups excluding carboxylic acids is 1. The molecule has 0 atom stereocenters. The normalized spacial score (nSPS) is 15.1. The quantitative estimate of drug-likeness (QED) is 0.868. The van der Waals surface area contributed by atoms with Crippen molar-refractivity contribution < 1.29 is 4.79 Å². The smallest absolute Gasteiger partial charge is 0.224 e. The largest absolute Gasteiger partial charge is 0.325 e. The maximum Gasteiger partial charge on any atom is 0.224 e. The maximum absolute atomic E-state index is 11.5. The first-order chi connectivity index (χ1) is 7.15. The third kappa shape index (κ3) is 3.18. The summed E-state index contributed by atoms with van der Waals surface area (Å²) in [5, 5.41) is 3.19. The van der Waals surface area contributed by atoms with Crippen molar-refractivity contribution in [2.75, 3.05) is 5.32 Å². The van der Waals surface area contributed by atoms with Gasteiger partial charge in [0.1, 0.15) is 5.15 Å². The molecule has 1 aliphatic rings. The minimum absolute atomic E-state index is 0.0496. The molecule has 0 spiro atoms. The molecule has 1 saturated carbocycles. The molecule has 0 unspecified atom stereocenters. The minimum atomic E-state index is 0.0496. The zero-order valence-corrected chi connectivity index (χ0v) is 10.3. The molecule has 0 aliphatic heterocycles. The zero-order valence-electron chi connectivity index (χ0n) is 7.96. The topological polar surface area (TPSA) is 42.0 Å². The van der Waals surface area contributed by atoms with E-state index in [-0.39, 0.29) is 5.91 Å². The van der Waals surface area contributed by atoms with Crippen molar-refractivity contribution in [3.8, 4) is 0 Å². The fourth-order valence-electron chi connectivity index (χ4n) is 1.29. The van der Waals surface area contributed by atoms with Gasteiger partial charge in [0.25, 0.3) is 0 Å². The number of carbonyl (C=O) groups is 1. The summed E-state index contributed by atoms with van der Waals surface area (Å²) in [5.41, 5.74) is 0.678. The lowest BCUT2D eigenvalue weighted by atomic mass is 10.3. The summed E-state index contributed by atoms with van der Waals surface area (Å²) in [6.07, 6.45) is 4.52. The van der Waals surface area contributed by atoms with Crippen molar-refractivity contribution in [2.45, 2.75) is 19.3 Å². The average molecular weight is 290 g/mol. The molecule has 1 N–H and O–H groups in total. The first-order valence-corrected chi connectivity index (χ1v) is 5.93. The van der Waals surface area contributed by atoms with Crippen molar-refractivity contribution in [3.63, 3.8) is 0 Å². The Labute approximate surface area is 101 Å². The molecule has 0 radical (unpaired) electrons. The molecule has 0 saturated heterocycles. The molecule has 1 aliphatic carbocycles. The van der Waals surface area contributed by atoms with E-state index in [1.807, 2.05) is 0 Å². The molecule has 15 heavy (non-hydrogen) atoms. The van der Waals surface area contributed by atoms with Gasteiger partial charge < -0.3 is 5.32 Å². The van der Waals surface area contributed by atoms with E-state index >= 15 is 0 Å². The van der Waals surface area contributed by atoms with Crippen molar-refractivity contribution in [2.24, 2.45) is 5.92 Å². The van der Waals surface area contributed by atoms with Gasteiger partial charge >= 0.3 is 0 Å². The predicted molar refractivity (Wildman–Crippen MR) is 62.9 cm³/mol. The second kappa shape index (κ2) is 4.49. The highest BCUT2D eigenvalue weighted by molar-refractivity contribution is 9.10. The lowest BCUT2D eigenvalue weighted by Crippen LogP contribution is -2.12. The van der Waals surface area contributed by atoms with Crippen LogP contribution in [0.5, 0.6) is 0 Å². The molecule has 1 heterocycles. The van der Waals surface area contributed by atoms with Gasteiger partial charge in [0.05, 0.1) is 16.4 Å². The van der Waals surface area contributed by atoms with Gasteiger partial charge in [0, 0.05) is 6.42 Å². The number of rotatable bonds is 3. The van der Waals surface area contributed by atoms with E-state index in [9.17, 15) is 4.79 Å². The number of pyridine rings is 1. The number of anilines is 1. The van der Waals surface area contributed by atoms with E-state index in [0.29, 0.717) is 27.7 Å². The Bertz CT molecular complexity index is 393. The molecule has 1 aromatic rings. The molecular formula is C10H10BrClN2O. The summed E-state index contributed by atoms with van der Waals surface area (Å²) in [4.78, 5) is 15.4. The molecule has 0 bridgehead atoms. The summed E-state index contributed by atoms with van der Waals surface area (Å²) < 4.78 is 0.688. The van der Waals surface area contributed by atoms with E-state index in [1.54, 1.807) is 12.3 Å². The maximum atomic E-state index is 11.5. The van der Waals surface area contributed by atoms with Gasteiger partial charge in [-0.15, -0.1) is 0 Å². The third-order valence-corrected chi connectivity index (χ3v) is 3.38. The fraction of sp³-hybridized carbons (Fsp3) is 0.400. The van der Waals surface area contributed by atoms with Crippen LogP contribution in [0.4, 0.5) is 5.69 Å². The van der Waals surface area contributed by atoms with Crippen LogP contribution in [-0.4, -0.2) is 10.9 Å². The van der Waals surface area contributed by atoms with E-state index in [2.05, 4.69) is 26.2 Å². The summed E-state index contributed by atoms with van der Waals surface area (Å²) >= 11 is 8.99. The van der Waals surface area contributed by atoms with Gasteiger partial charge in [-0.05, 0) is 40.8 Å². The van der Waals surface area contributed by atoms with E-state index in [4.69, 9.17) is 11.6 Å². The number of halogens is 2. The number of nitrogens with zero attached hydrogens (tertiary/aromatic N) is 1. The number of hydrogen-bond donors (Lipinski definition) is 1. The number of hydrogen-bond acceptors (Lipinski definition) is 2. The van der Waals surface area contributed by atoms with E-state index in [1.165, 1.54) is 12.8 Å². The van der Waals surface area contributed by atoms with Crippen LogP contribution < -0.4 is 5.32 Å². The Hall–Kier alpha value is -0.610. The molecule has 0 aromatic carbocycles. The Morgan fingerprint density at radius 2 is 2.40 bits per heavy atom. The lowest BCUT2D eigenvalue weighted by Gasteiger charge is -2.04. The molecular weight excluding hydrogens is 279 g/mol. The SMILES string of the molecule is O=C(CC1CC1)Nc1cnc(Cl)c(Br)c1. The van der Waals surface area contributed by atoms with Gasteiger partial charge in [0.15, 0.2) is 0 Å². The average Bonchev–Trinajstić information content (AvgIpc) is 2.95. The molecule has 3 nitrogen and oxygen atoms in total. The van der Waals surface area contributed by atoms with Crippen LogP contribution in [-0.2, 0) is 4.79 Å². The zero-order chi connectivity index (χ0) is 10.8. The van der Waals surface area contributed by atoms with Crippen LogP contribution in [0.1, 0.15) is 19.3 Å². The third-order valence-electron chi connectivity index (χ3n) is 2.25. The Kier molecular flexibility index (Phi) is 3.26. The Morgan fingerprint density at radius 3 is 3.00 bits per heavy atom. The van der Waals surface area contributed by atoms with Gasteiger partial charge in [-0.2, -0.15) is 0 Å². The predicted octanol–water partition coefficient (Wildman–Crippen LogP) is 3.24. The second-order valence-corrected chi connectivity index (χ2v) is 4.90. The summed E-state index contributed by atoms with van der Waals surface area (Å²) in [6.45, 7) is 0. The number of amides is 1. The first kappa shape index (κ1) is 10.9. The highest BCUT2D eigenvalue weighted by Gasteiger charge is 2.24. The molecule has 2 rings (SSSR count). The standard InChI is InChI=1S/C10H10BrClN2O/c11-8-4-7(5-13-10(8)12)14-9(15)3-6-1-2-6/h4-6H,1-3H2,(H,14,15). The van der Waals surface area contributed by atoms with Gasteiger partial charge in [0.2, 0.25) is 5.91 Å². The Morgan fingerprint density at radius 1 is 1.67 bits per heavy atom. The highest BCUT2D eigenvalue weighted by Crippen LogP contribution is 2.32. The second-order valence-electron chi connectivity index (χ2n) is 3.69. The monoisotopic (exact) mass is 288 g/mol. The minimum Gasteiger partial charge on any atom is -0.325 e. The fourth-order valence-corrected chi connectivity index (χ4v) is 1.74. The Balaban J connectivity index is 1.97. The number of nitrogens with one attached hydrogen (secondary N) is 1. The van der Waals surface area contributed by atoms with Crippen molar-refractivity contribution in [1.29, 1.82) is 0 Å². The molecule has 5 heteroatoms. The number of aromatic nitrogens is 1. The lowest BCUT2D eigenvalue weighted by molar-refractivity contribution is -0.116. The van der Waals surface area contributed by atoms with E-state index < -0.39 is 0 Å². The van der Waals surface area contributed by atoms with Crippen LogP contribution in [0.25, 0.3) is 0 Å². The van der Waals surface area contributed by atoms with Crippen LogP contribution in [0, 0.1) is 5.92 Å². The van der Waals surface area contributed by atoms with Crippen LogP contribution >= 0.6 is 27.5 Å². The van der Waals surface area contributed by atoms with E-state index in [0.717, 1.165) is 0 Å². The van der Waals surface area contributed by atoms with Gasteiger partial charge in [-0.1, -0.05) is 11.6 Å². The van der Waals surface area contributed by atoms with Gasteiger partial charge in [-0.3, -0.25) is 4.79 Å². The first-order valence-electron chi connectivity index (χ1n) is 4.76.